The Morgan fingerprint density at radius 1 is 1.17 bits per heavy atom. The second-order valence-electron chi connectivity index (χ2n) is 5.34. The van der Waals surface area contributed by atoms with Gasteiger partial charge in [-0.25, -0.2) is 13.2 Å². The van der Waals surface area contributed by atoms with E-state index in [1.54, 1.807) is 26.0 Å². The summed E-state index contributed by atoms with van der Waals surface area (Å²) in [6.07, 6.45) is 0. The molecule has 1 aromatic heterocycles. The first-order chi connectivity index (χ1) is 11.2. The van der Waals surface area contributed by atoms with Gasteiger partial charge in [0.05, 0.1) is 22.3 Å². The van der Waals surface area contributed by atoms with Gasteiger partial charge >= 0.3 is 5.97 Å². The lowest BCUT2D eigenvalue weighted by Gasteiger charge is -2.12. The van der Waals surface area contributed by atoms with E-state index < -0.39 is 27.0 Å². The zero-order chi connectivity index (χ0) is 17.9. The van der Waals surface area contributed by atoms with Crippen LogP contribution in [0.1, 0.15) is 40.5 Å². The van der Waals surface area contributed by atoms with E-state index >= 15 is 0 Å². The molecule has 128 valence electrons. The van der Waals surface area contributed by atoms with Crippen molar-refractivity contribution in [3.8, 4) is 0 Å². The van der Waals surface area contributed by atoms with Crippen LogP contribution in [0.3, 0.4) is 0 Å². The largest absolute Gasteiger partial charge is 0.475 e. The van der Waals surface area contributed by atoms with Crippen LogP contribution in [0.5, 0.6) is 0 Å². The lowest BCUT2D eigenvalue weighted by molar-refractivity contribution is 0.0660. The number of sulfone groups is 1. The Morgan fingerprint density at radius 2 is 1.83 bits per heavy atom. The van der Waals surface area contributed by atoms with Gasteiger partial charge in [-0.15, -0.1) is 0 Å². The van der Waals surface area contributed by atoms with Gasteiger partial charge in [-0.05, 0) is 38.1 Å². The first-order valence-corrected chi connectivity index (χ1v) is 8.71. The van der Waals surface area contributed by atoms with Gasteiger partial charge in [-0.1, -0.05) is 12.1 Å². The molecule has 0 unspecified atom stereocenters. The number of benzene rings is 1. The molecule has 24 heavy (non-hydrogen) atoms. The third kappa shape index (κ3) is 3.65. The van der Waals surface area contributed by atoms with Gasteiger partial charge in [-0.3, -0.25) is 4.79 Å². The Balaban J connectivity index is 2.20. The van der Waals surface area contributed by atoms with Gasteiger partial charge in [-0.2, -0.15) is 0 Å². The van der Waals surface area contributed by atoms with E-state index in [2.05, 4.69) is 5.32 Å². The minimum absolute atomic E-state index is 0.0382. The summed E-state index contributed by atoms with van der Waals surface area (Å²) in [5, 5.41) is 10.7. The molecule has 0 spiro atoms. The van der Waals surface area contributed by atoms with E-state index in [9.17, 15) is 18.0 Å². The normalized spacial score (nSPS) is 11.5. The molecule has 0 aliphatic heterocycles. The maximum Gasteiger partial charge on any atom is 0.371 e. The Labute approximate surface area is 139 Å². The standard InChI is InChI=1S/C16H17NO6S/c1-10(2)24(21,22)14-6-4-3-5-12(14)15(18)17-9-11-7-8-13(23-11)16(19)20/h3-8,10H,9H2,1-2H3,(H,17,18)(H,19,20). The highest BCUT2D eigenvalue weighted by atomic mass is 32.2. The molecule has 7 nitrogen and oxygen atoms in total. The van der Waals surface area contributed by atoms with Crippen molar-refractivity contribution in [1.29, 1.82) is 0 Å². The average Bonchev–Trinajstić information content (AvgIpc) is 3.01. The highest BCUT2D eigenvalue weighted by molar-refractivity contribution is 7.92. The summed E-state index contributed by atoms with van der Waals surface area (Å²) >= 11 is 0. The van der Waals surface area contributed by atoms with Crippen LogP contribution in [0.4, 0.5) is 0 Å². The van der Waals surface area contributed by atoms with Crippen LogP contribution in [0.2, 0.25) is 0 Å². The van der Waals surface area contributed by atoms with Crippen LogP contribution >= 0.6 is 0 Å². The van der Waals surface area contributed by atoms with Gasteiger partial charge in [0, 0.05) is 0 Å². The van der Waals surface area contributed by atoms with E-state index in [0.717, 1.165) is 0 Å². The van der Waals surface area contributed by atoms with Crippen LogP contribution < -0.4 is 5.32 Å². The van der Waals surface area contributed by atoms with Crippen molar-refractivity contribution in [1.82, 2.24) is 5.32 Å². The number of hydrogen-bond acceptors (Lipinski definition) is 5. The number of hydrogen-bond donors (Lipinski definition) is 2. The second kappa shape index (κ2) is 6.88. The Kier molecular flexibility index (Phi) is 5.08. The molecule has 0 radical (unpaired) electrons. The molecule has 2 rings (SSSR count). The maximum absolute atomic E-state index is 12.3. The Morgan fingerprint density at radius 3 is 2.42 bits per heavy atom. The number of aromatic carboxylic acids is 1. The van der Waals surface area contributed by atoms with E-state index in [4.69, 9.17) is 9.52 Å². The summed E-state index contributed by atoms with van der Waals surface area (Å²) in [5.41, 5.74) is 0.0382. The topological polar surface area (TPSA) is 114 Å². The van der Waals surface area contributed by atoms with E-state index in [1.165, 1.54) is 24.3 Å². The lowest BCUT2D eigenvalue weighted by Crippen LogP contribution is -2.26. The summed E-state index contributed by atoms with van der Waals surface area (Å²) < 4.78 is 29.7. The van der Waals surface area contributed by atoms with Crippen LogP contribution in [0.25, 0.3) is 0 Å². The van der Waals surface area contributed by atoms with Gasteiger partial charge in [0.1, 0.15) is 5.76 Å². The van der Waals surface area contributed by atoms with Gasteiger partial charge < -0.3 is 14.8 Å². The number of amides is 1. The van der Waals surface area contributed by atoms with Crippen molar-refractivity contribution in [3.05, 3.63) is 53.5 Å². The number of nitrogens with one attached hydrogen (secondary N) is 1. The molecule has 0 saturated heterocycles. The van der Waals surface area contributed by atoms with Crippen molar-refractivity contribution in [2.24, 2.45) is 0 Å². The molecule has 1 aromatic carbocycles. The van der Waals surface area contributed by atoms with Crippen LogP contribution in [-0.2, 0) is 16.4 Å². The molecule has 8 heteroatoms. The summed E-state index contributed by atoms with van der Waals surface area (Å²) in [6.45, 7) is 3.03. The highest BCUT2D eigenvalue weighted by Gasteiger charge is 2.25. The summed E-state index contributed by atoms with van der Waals surface area (Å²) in [4.78, 5) is 23.0. The predicted octanol–water partition coefficient (Wildman–Crippen LogP) is 2.09. The Bertz CT molecular complexity index is 866. The lowest BCUT2D eigenvalue weighted by atomic mass is 10.2. The maximum atomic E-state index is 12.3. The van der Waals surface area contributed by atoms with Gasteiger partial charge in [0.2, 0.25) is 5.76 Å². The molecular weight excluding hydrogens is 334 g/mol. The molecule has 0 saturated carbocycles. The number of carboxylic acid groups (broad SMARTS) is 1. The van der Waals surface area contributed by atoms with Crippen molar-refractivity contribution in [2.75, 3.05) is 0 Å². The molecule has 2 aromatic rings. The number of carboxylic acids is 1. The minimum atomic E-state index is -3.60. The summed E-state index contributed by atoms with van der Waals surface area (Å²) in [7, 11) is -3.60. The second-order valence-corrected chi connectivity index (χ2v) is 7.82. The third-order valence-electron chi connectivity index (χ3n) is 3.35. The molecule has 0 aliphatic carbocycles. The fourth-order valence-electron chi connectivity index (χ4n) is 2.01. The SMILES string of the molecule is CC(C)S(=O)(=O)c1ccccc1C(=O)NCc1ccc(C(=O)O)o1. The van der Waals surface area contributed by atoms with Crippen LogP contribution in [-0.4, -0.2) is 30.7 Å². The molecule has 1 heterocycles. The fraction of sp³-hybridized carbons (Fsp3) is 0.250. The molecule has 1 amide bonds. The number of furan rings is 1. The van der Waals surface area contributed by atoms with Gasteiger partial charge in [0.25, 0.3) is 5.91 Å². The summed E-state index contributed by atoms with van der Waals surface area (Å²) in [6, 6.07) is 8.65. The van der Waals surface area contributed by atoms with Crippen LogP contribution in [0.15, 0.2) is 45.7 Å². The molecule has 0 atom stereocenters. The Hall–Kier alpha value is -2.61. The van der Waals surface area contributed by atoms with Crippen LogP contribution in [0, 0.1) is 0 Å². The minimum Gasteiger partial charge on any atom is -0.475 e. The number of rotatable bonds is 6. The smallest absolute Gasteiger partial charge is 0.371 e. The first kappa shape index (κ1) is 17.7. The predicted molar refractivity (Wildman–Crippen MR) is 85.6 cm³/mol. The van der Waals surface area contributed by atoms with Gasteiger partial charge in [0.15, 0.2) is 9.84 Å². The zero-order valence-electron chi connectivity index (χ0n) is 13.1. The van der Waals surface area contributed by atoms with Crippen molar-refractivity contribution in [3.63, 3.8) is 0 Å². The number of carbonyl (C=O) groups excluding carboxylic acids is 1. The van der Waals surface area contributed by atoms with Crippen molar-refractivity contribution in [2.45, 2.75) is 30.5 Å². The monoisotopic (exact) mass is 351 g/mol. The molecule has 0 fully saturated rings. The third-order valence-corrected chi connectivity index (χ3v) is 5.56. The molecule has 2 N–H and O–H groups in total. The van der Waals surface area contributed by atoms with E-state index in [0.29, 0.717) is 0 Å². The quantitative estimate of drug-likeness (QED) is 0.824. The van der Waals surface area contributed by atoms with Crippen molar-refractivity contribution < 1.29 is 27.5 Å². The number of carbonyl (C=O) groups is 2. The van der Waals surface area contributed by atoms with Crippen molar-refractivity contribution >= 4 is 21.7 Å². The van der Waals surface area contributed by atoms with E-state index in [1.807, 2.05) is 0 Å². The molecular formula is C16H17NO6S. The zero-order valence-corrected chi connectivity index (χ0v) is 14.0. The highest BCUT2D eigenvalue weighted by Crippen LogP contribution is 2.20. The first-order valence-electron chi connectivity index (χ1n) is 7.16. The molecule has 0 bridgehead atoms. The molecule has 0 aliphatic rings. The summed E-state index contributed by atoms with van der Waals surface area (Å²) in [5.74, 6) is -1.77. The fourth-order valence-corrected chi connectivity index (χ4v) is 3.25. The average molecular weight is 351 g/mol. The van der Waals surface area contributed by atoms with E-state index in [-0.39, 0.29) is 28.5 Å².